The zero-order valence-corrected chi connectivity index (χ0v) is 11.2. The van der Waals surface area contributed by atoms with Crippen molar-refractivity contribution in [3.8, 4) is 0 Å². The second kappa shape index (κ2) is 5.16. The molecular formula is C10H12BrN3OS. The largest absolute Gasteiger partial charge is 0.309 e. The molecule has 0 saturated carbocycles. The van der Waals surface area contributed by atoms with Crippen LogP contribution in [-0.2, 0) is 4.79 Å². The van der Waals surface area contributed by atoms with E-state index in [1.165, 1.54) is 0 Å². The van der Waals surface area contributed by atoms with Crippen LogP contribution in [0.5, 0.6) is 0 Å². The summed E-state index contributed by atoms with van der Waals surface area (Å²) >= 11 is 5.10. The first kappa shape index (κ1) is 11.9. The lowest BCUT2D eigenvalue weighted by Gasteiger charge is -2.10. The van der Waals surface area contributed by atoms with Crippen molar-refractivity contribution in [3.05, 3.63) is 22.3 Å². The summed E-state index contributed by atoms with van der Waals surface area (Å²) in [5.41, 5.74) is 0.867. The van der Waals surface area contributed by atoms with Gasteiger partial charge in [-0.25, -0.2) is 4.98 Å². The maximum Gasteiger partial charge on any atom is 0.243 e. The molecule has 16 heavy (non-hydrogen) atoms. The minimum Gasteiger partial charge on any atom is -0.309 e. The molecule has 6 heteroatoms. The van der Waals surface area contributed by atoms with Crippen LogP contribution in [0.2, 0.25) is 0 Å². The molecule has 1 aromatic rings. The van der Waals surface area contributed by atoms with Gasteiger partial charge in [-0.15, -0.1) is 11.8 Å². The van der Waals surface area contributed by atoms with Gasteiger partial charge in [0.25, 0.3) is 0 Å². The molecule has 1 aromatic heterocycles. The Morgan fingerprint density at radius 3 is 3.12 bits per heavy atom. The Bertz CT molecular complexity index is 407. The van der Waals surface area contributed by atoms with Crippen LogP contribution < -0.4 is 10.6 Å². The highest BCUT2D eigenvalue weighted by molar-refractivity contribution is 9.10. The van der Waals surface area contributed by atoms with Gasteiger partial charge < -0.3 is 5.32 Å². The van der Waals surface area contributed by atoms with Gasteiger partial charge in [0, 0.05) is 16.1 Å². The number of hydrogen-bond acceptors (Lipinski definition) is 4. The van der Waals surface area contributed by atoms with Crippen LogP contribution in [-0.4, -0.2) is 28.6 Å². The number of pyridine rings is 1. The van der Waals surface area contributed by atoms with Crippen molar-refractivity contribution in [3.63, 3.8) is 0 Å². The van der Waals surface area contributed by atoms with Crippen LogP contribution in [0.15, 0.2) is 16.6 Å². The van der Waals surface area contributed by atoms with Crippen LogP contribution in [0.3, 0.4) is 0 Å². The molecule has 0 radical (unpaired) electrons. The van der Waals surface area contributed by atoms with E-state index in [0.717, 1.165) is 21.8 Å². The molecule has 0 bridgehead atoms. The van der Waals surface area contributed by atoms with E-state index in [9.17, 15) is 4.79 Å². The molecule has 4 nitrogen and oxygen atoms in total. The average molecular weight is 302 g/mol. The molecule has 2 N–H and O–H groups in total. The molecule has 1 saturated heterocycles. The maximum atomic E-state index is 11.8. The molecule has 0 aliphatic carbocycles. The predicted octanol–water partition coefficient (Wildman–Crippen LogP) is 1.75. The third kappa shape index (κ3) is 2.75. The lowest BCUT2D eigenvalue weighted by atomic mass is 10.3. The summed E-state index contributed by atoms with van der Waals surface area (Å²) in [4.78, 5) is 16.0. The van der Waals surface area contributed by atoms with E-state index in [1.54, 1.807) is 17.8 Å². The zero-order valence-electron chi connectivity index (χ0n) is 8.79. The summed E-state index contributed by atoms with van der Waals surface area (Å²) in [7, 11) is 0. The molecule has 0 aromatic carbocycles. The Labute approximate surface area is 107 Å². The zero-order chi connectivity index (χ0) is 11.5. The first-order valence-corrected chi connectivity index (χ1v) is 6.87. The minimum atomic E-state index is -0.101. The summed E-state index contributed by atoms with van der Waals surface area (Å²) < 4.78 is 0.944. The van der Waals surface area contributed by atoms with E-state index in [-0.39, 0.29) is 11.9 Å². The highest BCUT2D eigenvalue weighted by atomic mass is 79.9. The van der Waals surface area contributed by atoms with Gasteiger partial charge in [-0.2, -0.15) is 0 Å². The Morgan fingerprint density at radius 1 is 1.69 bits per heavy atom. The molecule has 0 spiro atoms. The third-order valence-electron chi connectivity index (χ3n) is 2.31. The SMILES string of the molecule is Cc1nc(NC(=O)C2CSCN2)ccc1Br. The topological polar surface area (TPSA) is 54.0 Å². The summed E-state index contributed by atoms with van der Waals surface area (Å²) in [5, 5.41) is 5.92. The Hall–Kier alpha value is -0.590. The average Bonchev–Trinajstić information content (AvgIpc) is 2.77. The van der Waals surface area contributed by atoms with E-state index < -0.39 is 0 Å². The molecule has 1 fully saturated rings. The number of nitrogens with one attached hydrogen (secondary N) is 2. The molecule has 1 amide bonds. The van der Waals surface area contributed by atoms with E-state index in [2.05, 4.69) is 31.5 Å². The highest BCUT2D eigenvalue weighted by Gasteiger charge is 2.22. The third-order valence-corrected chi connectivity index (χ3v) is 4.08. The molecule has 1 unspecified atom stereocenters. The molecule has 2 heterocycles. The monoisotopic (exact) mass is 301 g/mol. The molecular weight excluding hydrogens is 290 g/mol. The number of carbonyl (C=O) groups excluding carboxylic acids is 1. The summed E-state index contributed by atoms with van der Waals surface area (Å²) in [6, 6.07) is 3.57. The Kier molecular flexibility index (Phi) is 3.83. The number of rotatable bonds is 2. The molecule has 86 valence electrons. The smallest absolute Gasteiger partial charge is 0.243 e. The normalized spacial score (nSPS) is 19.8. The lowest BCUT2D eigenvalue weighted by Crippen LogP contribution is -2.37. The number of anilines is 1. The van der Waals surface area contributed by atoms with Crippen molar-refractivity contribution in [2.45, 2.75) is 13.0 Å². The number of thioether (sulfide) groups is 1. The van der Waals surface area contributed by atoms with Gasteiger partial charge in [0.1, 0.15) is 5.82 Å². The fourth-order valence-corrected chi connectivity index (χ4v) is 2.55. The van der Waals surface area contributed by atoms with Gasteiger partial charge in [-0.3, -0.25) is 10.1 Å². The van der Waals surface area contributed by atoms with E-state index in [1.807, 2.05) is 13.0 Å². The Morgan fingerprint density at radius 2 is 2.50 bits per heavy atom. The lowest BCUT2D eigenvalue weighted by molar-refractivity contribution is -0.117. The van der Waals surface area contributed by atoms with Gasteiger partial charge in [0.2, 0.25) is 5.91 Å². The van der Waals surface area contributed by atoms with E-state index in [4.69, 9.17) is 0 Å². The van der Waals surface area contributed by atoms with Gasteiger partial charge >= 0.3 is 0 Å². The second-order valence-electron chi connectivity index (χ2n) is 3.52. The number of hydrogen-bond donors (Lipinski definition) is 2. The van der Waals surface area contributed by atoms with Gasteiger partial charge in [-0.1, -0.05) is 0 Å². The van der Waals surface area contributed by atoms with Crippen LogP contribution >= 0.6 is 27.7 Å². The van der Waals surface area contributed by atoms with Crippen molar-refractivity contribution in [1.82, 2.24) is 10.3 Å². The van der Waals surface area contributed by atoms with Crippen molar-refractivity contribution in [1.29, 1.82) is 0 Å². The summed E-state index contributed by atoms with van der Waals surface area (Å²) in [5.74, 6) is 2.25. The fourth-order valence-electron chi connectivity index (χ4n) is 1.39. The number of amides is 1. The first-order chi connectivity index (χ1) is 7.66. The molecule has 1 aliphatic heterocycles. The minimum absolute atomic E-state index is 0.0146. The van der Waals surface area contributed by atoms with Gasteiger partial charge in [-0.05, 0) is 35.0 Å². The van der Waals surface area contributed by atoms with Gasteiger partial charge in [0.15, 0.2) is 0 Å². The van der Waals surface area contributed by atoms with Crippen LogP contribution in [0.4, 0.5) is 5.82 Å². The standard InChI is InChI=1S/C10H12BrN3OS/c1-6-7(11)2-3-9(13-6)14-10(15)8-4-16-5-12-8/h2-3,8,12H,4-5H2,1H3,(H,13,14,15). The predicted molar refractivity (Wildman–Crippen MR) is 69.6 cm³/mol. The molecule has 1 atom stereocenters. The first-order valence-electron chi connectivity index (χ1n) is 4.92. The Balaban J connectivity index is 2.02. The number of nitrogens with zero attached hydrogens (tertiary/aromatic N) is 1. The fraction of sp³-hybridized carbons (Fsp3) is 0.400. The van der Waals surface area contributed by atoms with Crippen molar-refractivity contribution >= 4 is 39.4 Å². The highest BCUT2D eigenvalue weighted by Crippen LogP contribution is 2.17. The summed E-state index contributed by atoms with van der Waals surface area (Å²) in [6.07, 6.45) is 0. The van der Waals surface area contributed by atoms with E-state index in [0.29, 0.717) is 5.82 Å². The number of halogens is 1. The van der Waals surface area contributed by atoms with Gasteiger partial charge in [0.05, 0.1) is 11.7 Å². The summed E-state index contributed by atoms with van der Waals surface area (Å²) in [6.45, 7) is 1.89. The quantitative estimate of drug-likeness (QED) is 0.874. The van der Waals surface area contributed by atoms with Crippen LogP contribution in [0.1, 0.15) is 5.69 Å². The van der Waals surface area contributed by atoms with Crippen LogP contribution in [0.25, 0.3) is 0 Å². The maximum absolute atomic E-state index is 11.8. The number of carbonyl (C=O) groups is 1. The van der Waals surface area contributed by atoms with Crippen LogP contribution in [0, 0.1) is 6.92 Å². The number of aryl methyl sites for hydroxylation is 1. The molecule has 1 aliphatic rings. The van der Waals surface area contributed by atoms with Crippen molar-refractivity contribution in [2.24, 2.45) is 0 Å². The van der Waals surface area contributed by atoms with Crippen molar-refractivity contribution in [2.75, 3.05) is 16.9 Å². The number of aromatic nitrogens is 1. The van der Waals surface area contributed by atoms with E-state index >= 15 is 0 Å². The van der Waals surface area contributed by atoms with Crippen molar-refractivity contribution < 1.29 is 4.79 Å². The second-order valence-corrected chi connectivity index (χ2v) is 5.41. The molecule has 2 rings (SSSR count).